The summed E-state index contributed by atoms with van der Waals surface area (Å²) >= 11 is 0. The zero-order chi connectivity index (χ0) is 29.2. The number of unbranched alkanes of at least 4 members (excludes halogenated alkanes) is 8. The summed E-state index contributed by atoms with van der Waals surface area (Å²) in [7, 11) is -3.68. The molecule has 2 aromatic carbocycles. The van der Waals surface area contributed by atoms with Gasteiger partial charge in [0, 0.05) is 13.2 Å². The molecule has 0 radical (unpaired) electrons. The second-order valence-corrected chi connectivity index (χ2v) is 12.9. The average molecular weight is 586 g/mol. The van der Waals surface area contributed by atoms with Gasteiger partial charge in [0.2, 0.25) is 10.0 Å². The van der Waals surface area contributed by atoms with E-state index in [1.807, 2.05) is 49.4 Å². The predicted molar refractivity (Wildman–Crippen MR) is 166 cm³/mol. The first-order chi connectivity index (χ1) is 20.0. The maximum atomic E-state index is 13.2. The first-order valence-electron chi connectivity index (χ1n) is 15.6. The first-order valence-corrected chi connectivity index (χ1v) is 17.1. The Morgan fingerprint density at radius 1 is 0.927 bits per heavy atom. The van der Waals surface area contributed by atoms with Gasteiger partial charge in [-0.2, -0.15) is 0 Å². The van der Waals surface area contributed by atoms with Crippen LogP contribution in [0.1, 0.15) is 94.6 Å². The Labute approximate surface area is 248 Å². The molecule has 1 N–H and O–H groups in total. The molecule has 2 aromatic rings. The van der Waals surface area contributed by atoms with Gasteiger partial charge in [0.1, 0.15) is 0 Å². The highest BCUT2D eigenvalue weighted by Crippen LogP contribution is 2.19. The van der Waals surface area contributed by atoms with Crippen molar-refractivity contribution in [3.8, 4) is 0 Å². The lowest BCUT2D eigenvalue weighted by Crippen LogP contribution is -2.43. The lowest BCUT2D eigenvalue weighted by atomic mass is 10.0. The van der Waals surface area contributed by atoms with Crippen molar-refractivity contribution < 1.29 is 22.6 Å². The molecule has 0 bridgehead atoms. The lowest BCUT2D eigenvalue weighted by Gasteiger charge is -2.26. The minimum atomic E-state index is -3.68. The molecule has 0 aromatic heterocycles. The Bertz CT molecular complexity index is 1070. The third-order valence-electron chi connectivity index (χ3n) is 7.65. The van der Waals surface area contributed by atoms with E-state index in [1.54, 1.807) is 18.2 Å². The molecule has 41 heavy (non-hydrogen) atoms. The summed E-state index contributed by atoms with van der Waals surface area (Å²) in [5.41, 5.74) is 2.07. The fourth-order valence-corrected chi connectivity index (χ4v) is 6.43. The summed E-state index contributed by atoms with van der Waals surface area (Å²) in [6.45, 7) is 7.96. The maximum absolute atomic E-state index is 13.2. The minimum Gasteiger partial charge on any atom is -0.368 e. The molecule has 0 amide bonds. The summed E-state index contributed by atoms with van der Waals surface area (Å²) in [5.74, 6) is 0. The number of hydrogen-bond donors (Lipinski definition) is 1. The third kappa shape index (κ3) is 13.2. The van der Waals surface area contributed by atoms with Gasteiger partial charge in [-0.05, 0) is 56.7 Å². The van der Waals surface area contributed by atoms with Gasteiger partial charge in [0.15, 0.2) is 6.29 Å². The molecule has 0 saturated carbocycles. The van der Waals surface area contributed by atoms with E-state index in [2.05, 4.69) is 11.3 Å². The van der Waals surface area contributed by atoms with Gasteiger partial charge in [-0.25, -0.2) is 13.1 Å². The van der Waals surface area contributed by atoms with Crippen LogP contribution in [0.4, 0.5) is 0 Å². The van der Waals surface area contributed by atoms with Gasteiger partial charge in [-0.3, -0.25) is 0 Å². The molecule has 7 heteroatoms. The Morgan fingerprint density at radius 2 is 1.59 bits per heavy atom. The van der Waals surface area contributed by atoms with Gasteiger partial charge in [0.25, 0.3) is 0 Å². The van der Waals surface area contributed by atoms with Gasteiger partial charge < -0.3 is 14.2 Å². The van der Waals surface area contributed by atoms with Crippen molar-refractivity contribution in [2.45, 2.75) is 120 Å². The fourth-order valence-electron chi connectivity index (χ4n) is 5.15. The normalized spacial score (nSPS) is 17.2. The predicted octanol–water partition coefficient (Wildman–Crippen LogP) is 7.86. The van der Waals surface area contributed by atoms with Crippen molar-refractivity contribution in [1.82, 2.24) is 4.72 Å². The van der Waals surface area contributed by atoms with E-state index in [4.69, 9.17) is 14.2 Å². The van der Waals surface area contributed by atoms with Crippen LogP contribution in [0.25, 0.3) is 0 Å². The van der Waals surface area contributed by atoms with Crippen LogP contribution in [-0.4, -0.2) is 40.1 Å². The van der Waals surface area contributed by atoms with E-state index in [-0.39, 0.29) is 17.2 Å². The SMILES string of the molecule is C=C[C@H](OCc1ccccc1)[C@H](CCCCCCCCCCCOC1CCCCO1)NS(=O)(=O)c1ccc(C)cc1. The largest absolute Gasteiger partial charge is 0.368 e. The maximum Gasteiger partial charge on any atom is 0.240 e. The average Bonchev–Trinajstić information content (AvgIpc) is 2.99. The molecule has 0 aliphatic carbocycles. The second-order valence-electron chi connectivity index (χ2n) is 11.2. The van der Waals surface area contributed by atoms with E-state index in [0.717, 1.165) is 62.9 Å². The Hall–Kier alpha value is -2.03. The molecule has 1 fully saturated rings. The number of nitrogens with one attached hydrogen (secondary N) is 1. The van der Waals surface area contributed by atoms with E-state index < -0.39 is 16.1 Å². The zero-order valence-electron chi connectivity index (χ0n) is 25.0. The highest BCUT2D eigenvalue weighted by molar-refractivity contribution is 7.89. The molecule has 1 aliphatic heterocycles. The fraction of sp³-hybridized carbons (Fsp3) is 0.588. The highest BCUT2D eigenvalue weighted by atomic mass is 32.2. The summed E-state index contributed by atoms with van der Waals surface area (Å²) in [4.78, 5) is 0.271. The molecule has 6 nitrogen and oxygen atoms in total. The van der Waals surface area contributed by atoms with E-state index in [0.29, 0.717) is 13.0 Å². The van der Waals surface area contributed by atoms with Crippen LogP contribution < -0.4 is 4.72 Å². The van der Waals surface area contributed by atoms with Crippen molar-refractivity contribution in [3.63, 3.8) is 0 Å². The first kappa shape index (κ1) is 33.5. The Morgan fingerprint density at radius 3 is 2.22 bits per heavy atom. The van der Waals surface area contributed by atoms with Crippen LogP contribution in [0.15, 0.2) is 72.1 Å². The molecule has 3 atom stereocenters. The number of benzene rings is 2. The molecule has 1 unspecified atom stereocenters. The molecular formula is C34H51NO5S. The summed E-state index contributed by atoms with van der Waals surface area (Å²) in [5, 5.41) is 0. The summed E-state index contributed by atoms with van der Waals surface area (Å²) < 4.78 is 47.0. The van der Waals surface area contributed by atoms with Gasteiger partial charge in [-0.15, -0.1) is 6.58 Å². The minimum absolute atomic E-state index is 0.0263. The van der Waals surface area contributed by atoms with Crippen molar-refractivity contribution in [1.29, 1.82) is 0 Å². The lowest BCUT2D eigenvalue weighted by molar-refractivity contribution is -0.162. The molecular weight excluding hydrogens is 534 g/mol. The van der Waals surface area contributed by atoms with E-state index in [9.17, 15) is 8.42 Å². The van der Waals surface area contributed by atoms with Crippen LogP contribution in [0.2, 0.25) is 0 Å². The molecule has 1 heterocycles. The molecule has 3 rings (SSSR count). The van der Waals surface area contributed by atoms with Crippen molar-refractivity contribution in [3.05, 3.63) is 78.4 Å². The number of aryl methyl sites for hydroxylation is 1. The molecule has 1 aliphatic rings. The number of rotatable bonds is 21. The van der Waals surface area contributed by atoms with Crippen molar-refractivity contribution >= 4 is 10.0 Å². The van der Waals surface area contributed by atoms with E-state index >= 15 is 0 Å². The van der Waals surface area contributed by atoms with Crippen LogP contribution in [0.3, 0.4) is 0 Å². The monoisotopic (exact) mass is 585 g/mol. The van der Waals surface area contributed by atoms with Gasteiger partial charge in [0.05, 0.1) is 23.6 Å². The van der Waals surface area contributed by atoms with Gasteiger partial charge >= 0.3 is 0 Å². The summed E-state index contributed by atoms with van der Waals surface area (Å²) in [6, 6.07) is 16.5. The molecule has 1 saturated heterocycles. The third-order valence-corrected chi connectivity index (χ3v) is 9.16. The zero-order valence-corrected chi connectivity index (χ0v) is 25.8. The highest BCUT2D eigenvalue weighted by Gasteiger charge is 2.26. The summed E-state index contributed by atoms with van der Waals surface area (Å²) in [6.07, 6.45) is 15.9. The Balaban J connectivity index is 1.37. The van der Waals surface area contributed by atoms with Crippen molar-refractivity contribution in [2.75, 3.05) is 13.2 Å². The number of ether oxygens (including phenoxy) is 3. The second kappa shape index (κ2) is 19.2. The smallest absolute Gasteiger partial charge is 0.240 e. The van der Waals surface area contributed by atoms with Crippen LogP contribution >= 0.6 is 0 Å². The number of sulfonamides is 1. The van der Waals surface area contributed by atoms with E-state index in [1.165, 1.54) is 38.5 Å². The van der Waals surface area contributed by atoms with Gasteiger partial charge in [-0.1, -0.05) is 105 Å². The van der Waals surface area contributed by atoms with Crippen LogP contribution in [0, 0.1) is 6.92 Å². The van der Waals surface area contributed by atoms with Crippen LogP contribution in [-0.2, 0) is 30.8 Å². The van der Waals surface area contributed by atoms with Crippen molar-refractivity contribution in [2.24, 2.45) is 0 Å². The molecule has 228 valence electrons. The topological polar surface area (TPSA) is 73.9 Å². The number of hydrogen-bond acceptors (Lipinski definition) is 5. The quantitative estimate of drug-likeness (QED) is 0.119. The molecule has 0 spiro atoms. The van der Waals surface area contributed by atoms with Crippen LogP contribution in [0.5, 0.6) is 0 Å². The standard InChI is InChI=1S/C34H51NO5S/c1-3-33(40-28-30-18-12-11-13-19-30)32(35-41(36,37)31-24-22-29(2)23-25-31)20-14-9-7-5-4-6-8-10-16-26-38-34-21-15-17-27-39-34/h3,11-13,18-19,22-25,32-35H,1,4-10,14-17,20-21,26-28H2,2H3/t32-,33-,34?/m0/s1. The Kier molecular flexibility index (Phi) is 15.7.